The Balaban J connectivity index is 2.28. The number of carbonyl (C=O) groups excluding carboxylic acids is 1. The SMILES string of the molecule is Cc1cccc(C)c1NC(=O)c1[nH]ncc1N. The van der Waals surface area contributed by atoms with Crippen LogP contribution in [-0.4, -0.2) is 16.1 Å². The highest BCUT2D eigenvalue weighted by Gasteiger charge is 2.13. The maximum atomic E-state index is 11.9. The van der Waals surface area contributed by atoms with Gasteiger partial charge in [-0.2, -0.15) is 5.10 Å². The van der Waals surface area contributed by atoms with Crippen molar-refractivity contribution in [2.75, 3.05) is 11.1 Å². The molecule has 0 saturated carbocycles. The Kier molecular flexibility index (Phi) is 2.82. The third-order valence-electron chi connectivity index (χ3n) is 2.62. The standard InChI is InChI=1S/C12H14N4O/c1-7-4-3-5-8(2)10(7)15-12(17)11-9(13)6-14-16-11/h3-6H,13H2,1-2H3,(H,14,16)(H,15,17). The molecule has 0 unspecified atom stereocenters. The summed E-state index contributed by atoms with van der Waals surface area (Å²) >= 11 is 0. The normalized spacial score (nSPS) is 10.2. The van der Waals surface area contributed by atoms with Crippen molar-refractivity contribution >= 4 is 17.3 Å². The molecule has 0 atom stereocenters. The Bertz CT molecular complexity index is 539. The van der Waals surface area contributed by atoms with E-state index in [9.17, 15) is 4.79 Å². The van der Waals surface area contributed by atoms with Gasteiger partial charge < -0.3 is 11.1 Å². The van der Waals surface area contributed by atoms with Gasteiger partial charge in [0.15, 0.2) is 0 Å². The zero-order chi connectivity index (χ0) is 12.4. The van der Waals surface area contributed by atoms with E-state index in [-0.39, 0.29) is 11.6 Å². The molecule has 0 bridgehead atoms. The molecule has 88 valence electrons. The van der Waals surface area contributed by atoms with Crippen molar-refractivity contribution in [3.63, 3.8) is 0 Å². The first-order valence-electron chi connectivity index (χ1n) is 5.26. The molecule has 0 aliphatic rings. The number of nitrogens with zero attached hydrogens (tertiary/aromatic N) is 1. The van der Waals surface area contributed by atoms with Crippen molar-refractivity contribution in [2.45, 2.75) is 13.8 Å². The van der Waals surface area contributed by atoms with Crippen LogP contribution in [0.4, 0.5) is 11.4 Å². The molecule has 1 aromatic heterocycles. The molecule has 0 radical (unpaired) electrons. The Morgan fingerprint density at radius 1 is 1.35 bits per heavy atom. The molecular formula is C12H14N4O. The van der Waals surface area contributed by atoms with Gasteiger partial charge in [0.25, 0.3) is 5.91 Å². The van der Waals surface area contributed by atoms with Crippen LogP contribution in [0, 0.1) is 13.8 Å². The fraction of sp³-hybridized carbons (Fsp3) is 0.167. The Labute approximate surface area is 99.0 Å². The molecule has 1 aromatic carbocycles. The molecule has 5 nitrogen and oxygen atoms in total. The minimum absolute atomic E-state index is 0.280. The second-order valence-electron chi connectivity index (χ2n) is 3.92. The van der Waals surface area contributed by atoms with E-state index < -0.39 is 0 Å². The number of rotatable bonds is 2. The van der Waals surface area contributed by atoms with Crippen LogP contribution in [0.25, 0.3) is 0 Å². The number of carbonyl (C=O) groups is 1. The Morgan fingerprint density at radius 2 is 2.00 bits per heavy atom. The maximum Gasteiger partial charge on any atom is 0.275 e. The second kappa shape index (κ2) is 4.29. The summed E-state index contributed by atoms with van der Waals surface area (Å²) in [5.74, 6) is -0.280. The first kappa shape index (κ1) is 11.2. The number of H-pyrrole nitrogens is 1. The smallest absolute Gasteiger partial charge is 0.275 e. The van der Waals surface area contributed by atoms with E-state index in [4.69, 9.17) is 5.73 Å². The summed E-state index contributed by atoms with van der Waals surface area (Å²) in [6.45, 7) is 3.89. The van der Waals surface area contributed by atoms with Crippen molar-refractivity contribution in [3.05, 3.63) is 41.2 Å². The lowest BCUT2D eigenvalue weighted by molar-refractivity contribution is 0.102. The van der Waals surface area contributed by atoms with E-state index in [0.717, 1.165) is 16.8 Å². The summed E-state index contributed by atoms with van der Waals surface area (Å²) in [5, 5.41) is 9.13. The van der Waals surface area contributed by atoms with Crippen LogP contribution in [0.5, 0.6) is 0 Å². The number of nitrogen functional groups attached to an aromatic ring is 1. The van der Waals surface area contributed by atoms with Gasteiger partial charge in [-0.25, -0.2) is 0 Å². The topological polar surface area (TPSA) is 83.8 Å². The lowest BCUT2D eigenvalue weighted by atomic mass is 10.1. The molecule has 2 aromatic rings. The Morgan fingerprint density at radius 3 is 2.53 bits per heavy atom. The van der Waals surface area contributed by atoms with Crippen LogP contribution in [-0.2, 0) is 0 Å². The molecule has 0 spiro atoms. The number of aromatic nitrogens is 2. The van der Waals surface area contributed by atoms with Gasteiger partial charge in [-0.3, -0.25) is 9.89 Å². The summed E-state index contributed by atoms with van der Waals surface area (Å²) in [5.41, 5.74) is 9.08. The largest absolute Gasteiger partial charge is 0.396 e. The van der Waals surface area contributed by atoms with Gasteiger partial charge in [-0.15, -0.1) is 0 Å². The molecule has 0 fully saturated rings. The van der Waals surface area contributed by atoms with Gasteiger partial charge in [0, 0.05) is 5.69 Å². The van der Waals surface area contributed by atoms with E-state index in [2.05, 4.69) is 15.5 Å². The maximum absolute atomic E-state index is 11.9. The van der Waals surface area contributed by atoms with Crippen molar-refractivity contribution in [1.29, 1.82) is 0 Å². The van der Waals surface area contributed by atoms with E-state index in [1.165, 1.54) is 6.20 Å². The second-order valence-corrected chi connectivity index (χ2v) is 3.92. The van der Waals surface area contributed by atoms with Gasteiger partial charge in [-0.05, 0) is 25.0 Å². The predicted molar refractivity (Wildman–Crippen MR) is 66.9 cm³/mol. The molecular weight excluding hydrogens is 216 g/mol. The number of hydrogen-bond donors (Lipinski definition) is 3. The predicted octanol–water partition coefficient (Wildman–Crippen LogP) is 1.86. The highest BCUT2D eigenvalue weighted by molar-refractivity contribution is 6.06. The average molecular weight is 230 g/mol. The molecule has 5 heteroatoms. The van der Waals surface area contributed by atoms with Crippen LogP contribution < -0.4 is 11.1 Å². The first-order chi connectivity index (χ1) is 8.09. The number of para-hydroxylation sites is 1. The number of hydrogen-bond acceptors (Lipinski definition) is 3. The number of aryl methyl sites for hydroxylation is 2. The molecule has 1 amide bonds. The minimum atomic E-state index is -0.280. The summed E-state index contributed by atoms with van der Waals surface area (Å²) in [4.78, 5) is 11.9. The molecule has 2 rings (SSSR count). The molecule has 1 heterocycles. The van der Waals surface area contributed by atoms with Crippen LogP contribution in [0.3, 0.4) is 0 Å². The van der Waals surface area contributed by atoms with Gasteiger partial charge in [0.05, 0.1) is 11.9 Å². The van der Waals surface area contributed by atoms with Crippen molar-refractivity contribution in [1.82, 2.24) is 10.2 Å². The number of aromatic amines is 1. The lowest BCUT2D eigenvalue weighted by Gasteiger charge is -2.10. The number of amides is 1. The van der Waals surface area contributed by atoms with Crippen LogP contribution in [0.15, 0.2) is 24.4 Å². The quantitative estimate of drug-likeness (QED) is 0.736. The van der Waals surface area contributed by atoms with Gasteiger partial charge in [0.2, 0.25) is 0 Å². The molecule has 4 N–H and O–H groups in total. The number of nitrogens with one attached hydrogen (secondary N) is 2. The lowest BCUT2D eigenvalue weighted by Crippen LogP contribution is -2.15. The monoisotopic (exact) mass is 230 g/mol. The fourth-order valence-corrected chi connectivity index (χ4v) is 1.66. The van der Waals surface area contributed by atoms with E-state index >= 15 is 0 Å². The third-order valence-corrected chi connectivity index (χ3v) is 2.62. The van der Waals surface area contributed by atoms with E-state index in [1.54, 1.807) is 0 Å². The van der Waals surface area contributed by atoms with Crippen LogP contribution in [0.2, 0.25) is 0 Å². The van der Waals surface area contributed by atoms with Gasteiger partial charge >= 0.3 is 0 Å². The fourth-order valence-electron chi connectivity index (χ4n) is 1.66. The van der Waals surface area contributed by atoms with E-state index in [0.29, 0.717) is 5.69 Å². The molecule has 17 heavy (non-hydrogen) atoms. The van der Waals surface area contributed by atoms with Gasteiger partial charge in [0.1, 0.15) is 5.69 Å². The van der Waals surface area contributed by atoms with Crippen LogP contribution >= 0.6 is 0 Å². The van der Waals surface area contributed by atoms with Crippen LogP contribution in [0.1, 0.15) is 21.6 Å². The number of benzene rings is 1. The first-order valence-corrected chi connectivity index (χ1v) is 5.26. The summed E-state index contributed by atoms with van der Waals surface area (Å²) in [6, 6.07) is 5.84. The average Bonchev–Trinajstić information content (AvgIpc) is 2.70. The molecule has 0 saturated heterocycles. The highest BCUT2D eigenvalue weighted by Crippen LogP contribution is 2.20. The summed E-state index contributed by atoms with van der Waals surface area (Å²) < 4.78 is 0. The van der Waals surface area contributed by atoms with Crippen molar-refractivity contribution in [2.24, 2.45) is 0 Å². The summed E-state index contributed by atoms with van der Waals surface area (Å²) in [6.07, 6.45) is 1.42. The summed E-state index contributed by atoms with van der Waals surface area (Å²) in [7, 11) is 0. The van der Waals surface area contributed by atoms with E-state index in [1.807, 2.05) is 32.0 Å². The Hall–Kier alpha value is -2.30. The zero-order valence-corrected chi connectivity index (χ0v) is 9.74. The molecule has 0 aliphatic heterocycles. The minimum Gasteiger partial charge on any atom is -0.396 e. The zero-order valence-electron chi connectivity index (χ0n) is 9.74. The highest BCUT2D eigenvalue weighted by atomic mass is 16.2. The number of nitrogens with two attached hydrogens (primary N) is 1. The third kappa shape index (κ3) is 2.13. The van der Waals surface area contributed by atoms with Crippen molar-refractivity contribution in [3.8, 4) is 0 Å². The van der Waals surface area contributed by atoms with Gasteiger partial charge in [-0.1, -0.05) is 18.2 Å². The number of anilines is 2. The molecule has 0 aliphatic carbocycles. The van der Waals surface area contributed by atoms with Crippen molar-refractivity contribution < 1.29 is 4.79 Å².